The van der Waals surface area contributed by atoms with E-state index in [1.807, 2.05) is 18.2 Å². The molecular formula is C17H24O3. The van der Waals surface area contributed by atoms with Crippen molar-refractivity contribution in [1.29, 1.82) is 0 Å². The lowest BCUT2D eigenvalue weighted by molar-refractivity contribution is -0.156. The zero-order valence-corrected chi connectivity index (χ0v) is 12.6. The van der Waals surface area contributed by atoms with Crippen molar-refractivity contribution in [2.45, 2.75) is 58.5 Å². The third kappa shape index (κ3) is 7.72. The molecule has 0 spiro atoms. The highest BCUT2D eigenvalue weighted by molar-refractivity contribution is 5.95. The number of benzene rings is 1. The SMILES string of the molecule is CC(C)(C)OC(=O)CC(=O)CCCCc1ccccc1. The molecule has 0 fully saturated rings. The van der Waals surface area contributed by atoms with E-state index in [1.54, 1.807) is 20.8 Å². The van der Waals surface area contributed by atoms with E-state index < -0.39 is 11.6 Å². The van der Waals surface area contributed by atoms with E-state index in [0.717, 1.165) is 19.3 Å². The fraction of sp³-hybridized carbons (Fsp3) is 0.529. The Balaban J connectivity index is 2.16. The molecule has 0 saturated carbocycles. The summed E-state index contributed by atoms with van der Waals surface area (Å²) in [5.74, 6) is -0.460. The van der Waals surface area contributed by atoms with Crippen LogP contribution in [0.3, 0.4) is 0 Å². The van der Waals surface area contributed by atoms with E-state index in [9.17, 15) is 9.59 Å². The summed E-state index contributed by atoms with van der Waals surface area (Å²) in [6.07, 6.45) is 3.09. The van der Waals surface area contributed by atoms with Gasteiger partial charge in [0.05, 0.1) is 0 Å². The van der Waals surface area contributed by atoms with Gasteiger partial charge in [-0.05, 0) is 45.6 Å². The van der Waals surface area contributed by atoms with Crippen LogP contribution in [0.2, 0.25) is 0 Å². The Labute approximate surface area is 121 Å². The average Bonchev–Trinajstić information content (AvgIpc) is 2.33. The molecular weight excluding hydrogens is 252 g/mol. The lowest BCUT2D eigenvalue weighted by Crippen LogP contribution is -2.25. The Bertz CT molecular complexity index is 429. The molecule has 0 atom stereocenters. The Morgan fingerprint density at radius 3 is 2.30 bits per heavy atom. The second-order valence-electron chi connectivity index (χ2n) is 5.99. The molecule has 20 heavy (non-hydrogen) atoms. The molecule has 110 valence electrons. The van der Waals surface area contributed by atoms with Crippen LogP contribution in [-0.4, -0.2) is 17.4 Å². The van der Waals surface area contributed by atoms with Gasteiger partial charge in [0.1, 0.15) is 17.8 Å². The highest BCUT2D eigenvalue weighted by Gasteiger charge is 2.18. The fourth-order valence-corrected chi connectivity index (χ4v) is 1.92. The van der Waals surface area contributed by atoms with E-state index in [0.29, 0.717) is 6.42 Å². The number of carbonyl (C=O) groups is 2. The van der Waals surface area contributed by atoms with Gasteiger partial charge in [-0.15, -0.1) is 0 Å². The summed E-state index contributed by atoms with van der Waals surface area (Å²) < 4.78 is 5.12. The Hall–Kier alpha value is -1.64. The molecule has 0 bridgehead atoms. The zero-order chi connectivity index (χ0) is 15.0. The number of ether oxygens (including phenoxy) is 1. The van der Waals surface area contributed by atoms with Crippen molar-refractivity contribution < 1.29 is 14.3 Å². The predicted molar refractivity (Wildman–Crippen MR) is 79.5 cm³/mol. The molecule has 0 saturated heterocycles. The van der Waals surface area contributed by atoms with Gasteiger partial charge < -0.3 is 4.74 Å². The topological polar surface area (TPSA) is 43.4 Å². The molecule has 0 amide bonds. The van der Waals surface area contributed by atoms with Crippen LogP contribution in [0.15, 0.2) is 30.3 Å². The molecule has 1 aromatic rings. The average molecular weight is 276 g/mol. The van der Waals surface area contributed by atoms with Gasteiger partial charge in [-0.1, -0.05) is 30.3 Å². The lowest BCUT2D eigenvalue weighted by atomic mass is 10.0. The fourth-order valence-electron chi connectivity index (χ4n) is 1.92. The highest BCUT2D eigenvalue weighted by Crippen LogP contribution is 2.11. The minimum absolute atomic E-state index is 0.0349. The molecule has 0 aliphatic rings. The molecule has 3 heteroatoms. The van der Waals surface area contributed by atoms with Crippen molar-refractivity contribution in [3.8, 4) is 0 Å². The number of carbonyl (C=O) groups excluding carboxylic acids is 2. The monoisotopic (exact) mass is 276 g/mol. The van der Waals surface area contributed by atoms with Crippen LogP contribution in [-0.2, 0) is 20.7 Å². The van der Waals surface area contributed by atoms with Crippen LogP contribution in [0.4, 0.5) is 0 Å². The van der Waals surface area contributed by atoms with Gasteiger partial charge >= 0.3 is 5.97 Å². The van der Waals surface area contributed by atoms with Gasteiger partial charge in [0.25, 0.3) is 0 Å². The van der Waals surface area contributed by atoms with Crippen LogP contribution in [0, 0.1) is 0 Å². The molecule has 0 N–H and O–H groups in total. The molecule has 3 nitrogen and oxygen atoms in total. The number of aryl methyl sites for hydroxylation is 1. The molecule has 1 rings (SSSR count). The number of unbranched alkanes of at least 4 members (excludes halogenated alkanes) is 1. The molecule has 0 unspecified atom stereocenters. The number of esters is 1. The van der Waals surface area contributed by atoms with Crippen LogP contribution in [0.1, 0.15) is 52.0 Å². The summed E-state index contributed by atoms with van der Waals surface area (Å²) in [4.78, 5) is 23.1. The standard InChI is InChI=1S/C17H24O3/c1-17(2,3)20-16(19)13-15(18)12-8-7-11-14-9-5-4-6-10-14/h4-6,9-10H,7-8,11-13H2,1-3H3. The van der Waals surface area contributed by atoms with E-state index in [4.69, 9.17) is 4.74 Å². The minimum atomic E-state index is -0.523. The van der Waals surface area contributed by atoms with E-state index in [-0.39, 0.29) is 12.2 Å². The first kappa shape index (κ1) is 16.4. The lowest BCUT2D eigenvalue weighted by Gasteiger charge is -2.19. The van der Waals surface area contributed by atoms with Crippen molar-refractivity contribution >= 4 is 11.8 Å². The number of ketones is 1. The van der Waals surface area contributed by atoms with E-state index in [1.165, 1.54) is 5.56 Å². The van der Waals surface area contributed by atoms with Gasteiger partial charge in [0, 0.05) is 6.42 Å². The van der Waals surface area contributed by atoms with Crippen molar-refractivity contribution in [3.05, 3.63) is 35.9 Å². The summed E-state index contributed by atoms with van der Waals surface area (Å²) in [7, 11) is 0. The maximum Gasteiger partial charge on any atom is 0.313 e. The van der Waals surface area contributed by atoms with Crippen LogP contribution in [0.25, 0.3) is 0 Å². The van der Waals surface area contributed by atoms with Crippen LogP contribution >= 0.6 is 0 Å². The number of hydrogen-bond acceptors (Lipinski definition) is 3. The summed E-state index contributed by atoms with van der Waals surface area (Å²) in [5.41, 5.74) is 0.761. The number of rotatable bonds is 7. The summed E-state index contributed by atoms with van der Waals surface area (Å²) in [5, 5.41) is 0. The number of hydrogen-bond donors (Lipinski definition) is 0. The first-order chi connectivity index (χ1) is 9.37. The van der Waals surface area contributed by atoms with Crippen LogP contribution < -0.4 is 0 Å². The van der Waals surface area contributed by atoms with Crippen molar-refractivity contribution in [2.24, 2.45) is 0 Å². The summed E-state index contributed by atoms with van der Waals surface area (Å²) >= 11 is 0. The minimum Gasteiger partial charge on any atom is -0.460 e. The van der Waals surface area contributed by atoms with E-state index in [2.05, 4.69) is 12.1 Å². The molecule has 0 aromatic heterocycles. The smallest absolute Gasteiger partial charge is 0.313 e. The zero-order valence-electron chi connectivity index (χ0n) is 12.6. The molecule has 0 aliphatic heterocycles. The van der Waals surface area contributed by atoms with E-state index >= 15 is 0 Å². The Morgan fingerprint density at radius 1 is 1.05 bits per heavy atom. The van der Waals surface area contributed by atoms with Crippen LogP contribution in [0.5, 0.6) is 0 Å². The predicted octanol–water partition coefficient (Wildman–Crippen LogP) is 3.70. The molecule has 1 aromatic carbocycles. The van der Waals surface area contributed by atoms with Gasteiger partial charge in [-0.2, -0.15) is 0 Å². The molecule has 0 radical (unpaired) electrons. The third-order valence-electron chi connectivity index (χ3n) is 2.78. The highest BCUT2D eigenvalue weighted by atomic mass is 16.6. The Morgan fingerprint density at radius 2 is 1.70 bits per heavy atom. The normalized spacial score (nSPS) is 11.2. The summed E-state index contributed by atoms with van der Waals surface area (Å²) in [6.45, 7) is 5.40. The quantitative estimate of drug-likeness (QED) is 0.433. The first-order valence-corrected chi connectivity index (χ1v) is 7.14. The summed E-state index contributed by atoms with van der Waals surface area (Å²) in [6, 6.07) is 10.2. The van der Waals surface area contributed by atoms with Gasteiger partial charge in [-0.25, -0.2) is 0 Å². The Kier molecular flexibility index (Phi) is 6.43. The maximum absolute atomic E-state index is 11.6. The molecule has 0 heterocycles. The molecule has 0 aliphatic carbocycles. The maximum atomic E-state index is 11.6. The second kappa shape index (κ2) is 7.83. The van der Waals surface area contributed by atoms with Gasteiger partial charge in [0.15, 0.2) is 0 Å². The third-order valence-corrected chi connectivity index (χ3v) is 2.78. The van der Waals surface area contributed by atoms with Crippen molar-refractivity contribution in [1.82, 2.24) is 0 Å². The first-order valence-electron chi connectivity index (χ1n) is 7.14. The van der Waals surface area contributed by atoms with Crippen molar-refractivity contribution in [2.75, 3.05) is 0 Å². The van der Waals surface area contributed by atoms with Crippen molar-refractivity contribution in [3.63, 3.8) is 0 Å². The van der Waals surface area contributed by atoms with Gasteiger partial charge in [-0.3, -0.25) is 9.59 Å². The van der Waals surface area contributed by atoms with Gasteiger partial charge in [0.2, 0.25) is 0 Å². The largest absolute Gasteiger partial charge is 0.460 e. The second-order valence-corrected chi connectivity index (χ2v) is 5.99. The number of Topliss-reactive ketones (excluding diaryl/α,β-unsaturated/α-hetero) is 1.